The summed E-state index contributed by atoms with van der Waals surface area (Å²) in [5.74, 6) is -2.50. The van der Waals surface area contributed by atoms with Crippen molar-refractivity contribution in [1.29, 1.82) is 0 Å². The lowest BCUT2D eigenvalue weighted by molar-refractivity contribution is -0.144. The Hall–Kier alpha value is -3.74. The molecule has 0 fully saturated rings. The quantitative estimate of drug-likeness (QED) is 0.228. The number of imidazole rings is 1. The third-order valence-corrected chi connectivity index (χ3v) is 4.48. The van der Waals surface area contributed by atoms with E-state index < -0.39 is 37.0 Å². The monoisotopic (exact) mass is 533 g/mol. The van der Waals surface area contributed by atoms with Gasteiger partial charge in [0, 0.05) is 19.2 Å². The van der Waals surface area contributed by atoms with Gasteiger partial charge in [-0.05, 0) is 24.6 Å². The highest BCUT2D eigenvalue weighted by Crippen LogP contribution is 2.14. The van der Waals surface area contributed by atoms with E-state index in [2.05, 4.69) is 15.4 Å². The van der Waals surface area contributed by atoms with Crippen LogP contribution in [0, 0.1) is 0 Å². The Bertz CT molecular complexity index is 1220. The minimum Gasteiger partial charge on any atom is -0.464 e. The molecule has 194 valence electrons. The summed E-state index contributed by atoms with van der Waals surface area (Å²) >= 11 is 5.60. The van der Waals surface area contributed by atoms with Crippen molar-refractivity contribution in [2.45, 2.75) is 25.9 Å². The minimum absolute atomic E-state index is 0.0224. The first-order valence-corrected chi connectivity index (χ1v) is 10.7. The standard InChI is InChI=1S/C13H11F3N2O2.C9H10ClF2N3O/c14-9(13(15)16)5-6-20-12(19)7-18-8-17-10-3-1-2-4-11(10)18;10-7-4-14-15(5-7)6-9(16)13-3-1-2-8(11)12/h1-4,8H,5-7H2;2,4-5H,1,3,6H2,(H,13,16). The SMILES string of the molecule is O=C(Cn1cc(Cl)cn1)NCCC=C(F)F.O=C(Cn1cnc2ccccc21)OCCC(F)=C(F)F. The summed E-state index contributed by atoms with van der Waals surface area (Å²) in [5.41, 5.74) is 1.49. The van der Waals surface area contributed by atoms with Crippen LogP contribution in [0.2, 0.25) is 5.02 Å². The van der Waals surface area contributed by atoms with Gasteiger partial charge in [0.1, 0.15) is 13.1 Å². The molecule has 0 atom stereocenters. The van der Waals surface area contributed by atoms with Crippen molar-refractivity contribution >= 4 is 34.5 Å². The molecule has 0 saturated carbocycles. The third kappa shape index (κ3) is 10.3. The van der Waals surface area contributed by atoms with Crippen LogP contribution in [0.1, 0.15) is 12.8 Å². The van der Waals surface area contributed by atoms with Crippen LogP contribution in [0.5, 0.6) is 0 Å². The van der Waals surface area contributed by atoms with Gasteiger partial charge in [-0.15, -0.1) is 0 Å². The molecule has 0 radical (unpaired) electrons. The summed E-state index contributed by atoms with van der Waals surface area (Å²) < 4.78 is 66.9. The van der Waals surface area contributed by atoms with Crippen molar-refractivity contribution in [2.75, 3.05) is 13.2 Å². The highest BCUT2D eigenvalue weighted by molar-refractivity contribution is 6.30. The van der Waals surface area contributed by atoms with Gasteiger partial charge in [-0.2, -0.15) is 22.7 Å². The maximum atomic E-state index is 12.5. The van der Waals surface area contributed by atoms with Gasteiger partial charge in [0.2, 0.25) is 5.91 Å². The number of carbonyl (C=O) groups excluding carboxylic acids is 2. The number of halogens is 6. The minimum atomic E-state index is -2.39. The molecule has 36 heavy (non-hydrogen) atoms. The highest BCUT2D eigenvalue weighted by atomic mass is 35.5. The van der Waals surface area contributed by atoms with E-state index in [0.717, 1.165) is 17.1 Å². The molecule has 2 aromatic heterocycles. The molecule has 1 aromatic carbocycles. The van der Waals surface area contributed by atoms with Gasteiger partial charge in [-0.3, -0.25) is 14.3 Å². The fraction of sp³-hybridized carbons (Fsp3) is 0.273. The van der Waals surface area contributed by atoms with E-state index in [0.29, 0.717) is 5.02 Å². The summed E-state index contributed by atoms with van der Waals surface area (Å²) in [5, 5.41) is 6.72. The number of nitrogens with one attached hydrogen (secondary N) is 1. The van der Waals surface area contributed by atoms with E-state index in [1.165, 1.54) is 23.4 Å². The van der Waals surface area contributed by atoms with Crippen LogP contribution in [0.15, 0.2) is 67.1 Å². The Morgan fingerprint density at radius 2 is 1.86 bits per heavy atom. The molecule has 1 amide bonds. The molecule has 3 aromatic rings. The number of fused-ring (bicyclic) bond motifs is 1. The number of aromatic nitrogens is 4. The average molecular weight is 534 g/mol. The van der Waals surface area contributed by atoms with Crippen molar-refractivity contribution in [3.63, 3.8) is 0 Å². The number of para-hydroxylation sites is 2. The van der Waals surface area contributed by atoms with Crippen LogP contribution in [0.3, 0.4) is 0 Å². The maximum absolute atomic E-state index is 12.5. The fourth-order valence-corrected chi connectivity index (χ4v) is 2.85. The number of rotatable bonds is 10. The summed E-state index contributed by atoms with van der Waals surface area (Å²) in [6.07, 6.45) is 0.499. The number of esters is 1. The van der Waals surface area contributed by atoms with Crippen molar-refractivity contribution in [3.8, 4) is 0 Å². The lowest BCUT2D eigenvalue weighted by atomic mass is 10.3. The van der Waals surface area contributed by atoms with E-state index in [1.807, 2.05) is 6.07 Å². The van der Waals surface area contributed by atoms with E-state index in [9.17, 15) is 31.5 Å². The first-order valence-electron chi connectivity index (χ1n) is 10.4. The molecule has 0 spiro atoms. The second-order valence-electron chi connectivity index (χ2n) is 6.99. The van der Waals surface area contributed by atoms with Gasteiger partial charge >= 0.3 is 12.0 Å². The summed E-state index contributed by atoms with van der Waals surface area (Å²) in [6.45, 7) is -0.335. The molecule has 2 heterocycles. The summed E-state index contributed by atoms with van der Waals surface area (Å²) in [7, 11) is 0. The lowest BCUT2D eigenvalue weighted by Crippen LogP contribution is -2.28. The number of benzene rings is 1. The zero-order valence-electron chi connectivity index (χ0n) is 18.6. The Balaban J connectivity index is 0.000000261. The van der Waals surface area contributed by atoms with Gasteiger partial charge in [0.15, 0.2) is 5.83 Å². The second kappa shape index (κ2) is 14.6. The summed E-state index contributed by atoms with van der Waals surface area (Å²) in [6, 6.07) is 7.20. The van der Waals surface area contributed by atoms with Gasteiger partial charge < -0.3 is 14.6 Å². The Morgan fingerprint density at radius 3 is 2.53 bits per heavy atom. The van der Waals surface area contributed by atoms with Gasteiger partial charge in [-0.25, -0.2) is 9.37 Å². The molecule has 3 rings (SSSR count). The molecule has 0 aliphatic heterocycles. The number of hydrogen-bond donors (Lipinski definition) is 1. The molecule has 0 aliphatic carbocycles. The van der Waals surface area contributed by atoms with Crippen molar-refractivity contribution in [2.24, 2.45) is 0 Å². The number of nitrogens with zero attached hydrogens (tertiary/aromatic N) is 4. The van der Waals surface area contributed by atoms with Crippen LogP contribution in [-0.4, -0.2) is 44.4 Å². The maximum Gasteiger partial charge on any atom is 0.326 e. The van der Waals surface area contributed by atoms with Crippen LogP contribution >= 0.6 is 11.6 Å². The molecule has 1 N–H and O–H groups in total. The fourth-order valence-electron chi connectivity index (χ4n) is 2.69. The molecule has 8 nitrogen and oxygen atoms in total. The second-order valence-corrected chi connectivity index (χ2v) is 7.42. The molecule has 0 saturated heterocycles. The van der Waals surface area contributed by atoms with Gasteiger partial charge in [-0.1, -0.05) is 23.7 Å². The number of amides is 1. The van der Waals surface area contributed by atoms with E-state index in [4.69, 9.17) is 16.3 Å². The highest BCUT2D eigenvalue weighted by Gasteiger charge is 2.10. The summed E-state index contributed by atoms with van der Waals surface area (Å²) in [4.78, 5) is 26.8. The van der Waals surface area contributed by atoms with E-state index in [-0.39, 0.29) is 32.0 Å². The zero-order valence-corrected chi connectivity index (χ0v) is 19.4. The first-order chi connectivity index (χ1) is 17.2. The van der Waals surface area contributed by atoms with Crippen LogP contribution in [0.25, 0.3) is 11.0 Å². The topological polar surface area (TPSA) is 91.0 Å². The smallest absolute Gasteiger partial charge is 0.326 e. The predicted octanol–water partition coefficient (Wildman–Crippen LogP) is 4.87. The van der Waals surface area contributed by atoms with Crippen molar-refractivity contribution < 1.29 is 36.3 Å². The number of carbonyl (C=O) groups is 2. The Kier molecular flexibility index (Phi) is 11.6. The lowest BCUT2D eigenvalue weighted by Gasteiger charge is -2.05. The molecule has 14 heteroatoms. The van der Waals surface area contributed by atoms with Crippen molar-refractivity contribution in [1.82, 2.24) is 24.6 Å². The van der Waals surface area contributed by atoms with Crippen LogP contribution in [-0.2, 0) is 27.4 Å². The van der Waals surface area contributed by atoms with Crippen molar-refractivity contribution in [3.05, 3.63) is 72.1 Å². The number of hydrogen-bond acceptors (Lipinski definition) is 5. The average Bonchev–Trinajstić information content (AvgIpc) is 3.42. The van der Waals surface area contributed by atoms with Gasteiger partial charge in [0.25, 0.3) is 6.08 Å². The number of ether oxygens (including phenoxy) is 1. The normalized spacial score (nSPS) is 10.3. The largest absolute Gasteiger partial charge is 0.464 e. The molecule has 0 bridgehead atoms. The predicted molar refractivity (Wildman–Crippen MR) is 121 cm³/mol. The van der Waals surface area contributed by atoms with Crippen LogP contribution in [0.4, 0.5) is 22.0 Å². The Morgan fingerprint density at radius 1 is 1.11 bits per heavy atom. The molecule has 0 unspecified atom stereocenters. The zero-order chi connectivity index (χ0) is 26.5. The molecular weight excluding hydrogens is 513 g/mol. The third-order valence-electron chi connectivity index (χ3n) is 4.29. The Labute approximate surface area is 207 Å². The van der Waals surface area contributed by atoms with Crippen LogP contribution < -0.4 is 5.32 Å². The molecular formula is C22H21ClF5N5O3. The van der Waals surface area contributed by atoms with E-state index in [1.54, 1.807) is 22.8 Å². The first kappa shape index (κ1) is 28.5. The molecule has 0 aliphatic rings. The van der Waals surface area contributed by atoms with Gasteiger partial charge in [0.05, 0.1) is 35.2 Å². The van der Waals surface area contributed by atoms with E-state index >= 15 is 0 Å².